The molecule has 0 aliphatic carbocycles. The second-order valence-electron chi connectivity index (χ2n) is 25.6. The van der Waals surface area contributed by atoms with Gasteiger partial charge in [0.15, 0.2) is 23.3 Å². The molecule has 2 bridgehead atoms. The third-order valence-electron chi connectivity index (χ3n) is 17.7. The van der Waals surface area contributed by atoms with Gasteiger partial charge in [-0.05, 0) is 56.1 Å². The molecule has 0 radical (unpaired) electrons. The first kappa shape index (κ1) is 80.5. The van der Waals surface area contributed by atoms with Crippen molar-refractivity contribution >= 4 is 121 Å². The number of rotatable bonds is 28. The number of carbonyl (C=O) groups excluding carboxylic acids is 14. The van der Waals surface area contributed by atoms with Gasteiger partial charge in [0.1, 0.15) is 37.1 Å². The zero-order valence-corrected chi connectivity index (χ0v) is 58.2. The summed E-state index contributed by atoms with van der Waals surface area (Å²) in [6.07, 6.45) is -6.49. The molecule has 9 amide bonds. The van der Waals surface area contributed by atoms with Crippen LogP contribution < -0.4 is 54.4 Å². The minimum absolute atomic E-state index is 0.0148. The minimum atomic E-state index is -1.75. The molecule has 5 rings (SSSR count). The number of benzene rings is 1. The van der Waals surface area contributed by atoms with Crippen LogP contribution in [-0.2, 0) is 84.6 Å². The number of H-pyrrole nitrogens is 1. The van der Waals surface area contributed by atoms with E-state index in [-0.39, 0.29) is 93.8 Å². The molecule has 98 heavy (non-hydrogen) atoms. The lowest BCUT2D eigenvalue weighted by molar-refractivity contribution is -0.144. The van der Waals surface area contributed by atoms with Crippen LogP contribution in [0.25, 0.3) is 10.9 Å². The number of para-hydroxylation sites is 1. The van der Waals surface area contributed by atoms with Crippen molar-refractivity contribution < 1.29 is 86.8 Å². The highest BCUT2D eigenvalue weighted by molar-refractivity contribution is 8.76. The molecule has 1 aromatic heterocycles. The van der Waals surface area contributed by atoms with E-state index in [1.165, 1.54) is 35.4 Å². The zero-order chi connectivity index (χ0) is 72.5. The average Bonchev–Trinajstić information content (AvgIpc) is 1.59. The molecule has 2 aromatic rings. The third kappa shape index (κ3) is 25.0. The van der Waals surface area contributed by atoms with Crippen LogP contribution in [0, 0.1) is 35.5 Å². The van der Waals surface area contributed by atoms with Crippen molar-refractivity contribution in [2.24, 2.45) is 57.7 Å². The summed E-state index contributed by atoms with van der Waals surface area (Å²) >= 11 is 0. The topological polar surface area (TPSA) is 492 Å². The number of carbonyl (C=O) groups is 14. The maximum absolute atomic E-state index is 15.1. The molecular formula is C65H97N13O18S2. The molecule has 4 heterocycles. The lowest BCUT2D eigenvalue weighted by atomic mass is 9.83. The Morgan fingerprint density at radius 3 is 2.19 bits per heavy atom. The van der Waals surface area contributed by atoms with Crippen molar-refractivity contribution in [2.45, 2.75) is 180 Å². The van der Waals surface area contributed by atoms with Crippen LogP contribution in [0.3, 0.4) is 0 Å². The Labute approximate surface area is 576 Å². The maximum Gasteiger partial charge on any atom is 0.508 e. The quantitative estimate of drug-likeness (QED) is 0.0169. The highest BCUT2D eigenvalue weighted by Gasteiger charge is 2.45. The summed E-state index contributed by atoms with van der Waals surface area (Å²) in [6.45, 7) is 9.83. The number of aryl methyl sites for hydroxylation is 1. The summed E-state index contributed by atoms with van der Waals surface area (Å²) < 4.78 is 10.5. The van der Waals surface area contributed by atoms with Crippen molar-refractivity contribution in [3.63, 3.8) is 0 Å². The Bertz CT molecular complexity index is 3230. The van der Waals surface area contributed by atoms with E-state index in [0.717, 1.165) is 4.90 Å². The van der Waals surface area contributed by atoms with Crippen molar-refractivity contribution in [3.05, 3.63) is 35.5 Å². The van der Waals surface area contributed by atoms with Gasteiger partial charge in [0.05, 0.1) is 49.2 Å². The molecule has 16 N–H and O–H groups in total. The van der Waals surface area contributed by atoms with Crippen LogP contribution in [0.4, 0.5) is 4.79 Å². The summed E-state index contributed by atoms with van der Waals surface area (Å²) in [5.41, 5.74) is 17.9. The first-order valence-corrected chi connectivity index (χ1v) is 35.7. The highest BCUT2D eigenvalue weighted by atomic mass is 33.1. The lowest BCUT2D eigenvalue weighted by Crippen LogP contribution is -2.57. The van der Waals surface area contributed by atoms with Crippen molar-refractivity contribution in [3.8, 4) is 0 Å². The van der Waals surface area contributed by atoms with Crippen LogP contribution >= 0.6 is 21.6 Å². The molecule has 0 spiro atoms. The van der Waals surface area contributed by atoms with E-state index < -0.39 is 188 Å². The number of hydrogen-bond acceptors (Lipinski definition) is 21. The van der Waals surface area contributed by atoms with E-state index in [4.69, 9.17) is 26.7 Å². The number of Topliss-reactive ketones (excluding diaryl/α,β-unsaturated/α-hetero) is 4. The Hall–Kier alpha value is -8.17. The van der Waals surface area contributed by atoms with E-state index in [1.54, 1.807) is 58.9 Å². The number of aromatic nitrogens is 1. The van der Waals surface area contributed by atoms with Crippen LogP contribution in [0.2, 0.25) is 0 Å². The van der Waals surface area contributed by atoms with Gasteiger partial charge in [-0.3, -0.25) is 67.3 Å². The standard InChI is InChI=1S/C65H97N13O18S2/c1-8-34(4)57-49(80)17-18-55(86)74-45-16-15-44-42(40-13-9-10-14-43(40)73-44)27-46(61(91)71-30-56(87)77-57)75-60(90)41(28-52(83)48-26-39(79)31-78(48)63(93)47(29-54(66)85)76-62(45)92)36(6)53(84)32-96-65(94)95-21-23-98-97-22-20-69-58(88)35(5)24-51(82)37(7)72-59(89)38(25-50(81)33(2)3)12-11-19-70-64(67)68/h9-10,13-14,33-39,41,45-48,53,57,73,79,84H,8,11-12,15-32H2,1-7H3,(H2,66,85)(H,69,88)(H,71,91)(H,72,89)(H,74,86)(H,75,90)(H,76,92)(H,77,87)(H4,67,68,70)/t34?,35-,36+,37+,38-,39-,41+,45-,46+,47+,48+,53+,57+/m1/s1. The van der Waals surface area contributed by atoms with Gasteiger partial charge in [-0.15, -0.1) is 0 Å². The Morgan fingerprint density at radius 1 is 0.786 bits per heavy atom. The summed E-state index contributed by atoms with van der Waals surface area (Å²) in [7, 11) is 2.64. The van der Waals surface area contributed by atoms with Crippen molar-refractivity contribution in [2.75, 3.05) is 50.9 Å². The number of nitrogens with zero attached hydrogens (tertiary/aromatic N) is 2. The lowest BCUT2D eigenvalue weighted by Gasteiger charge is -2.32. The van der Waals surface area contributed by atoms with Crippen LogP contribution in [0.5, 0.6) is 0 Å². The molecule has 0 saturated carbocycles. The van der Waals surface area contributed by atoms with E-state index in [0.29, 0.717) is 47.2 Å². The summed E-state index contributed by atoms with van der Waals surface area (Å²) in [5.74, 6) is -13.6. The molecule has 13 atom stereocenters. The third-order valence-corrected chi connectivity index (χ3v) is 20.1. The normalized spacial score (nSPS) is 22.8. The van der Waals surface area contributed by atoms with Crippen LogP contribution in [-0.4, -0.2) is 208 Å². The molecule has 1 fully saturated rings. The molecule has 3 aliphatic heterocycles. The molecule has 542 valence electrons. The van der Waals surface area contributed by atoms with Gasteiger partial charge in [-0.1, -0.05) is 87.8 Å². The number of nitrogens with two attached hydrogens (primary N) is 3. The predicted molar refractivity (Wildman–Crippen MR) is 362 cm³/mol. The van der Waals surface area contributed by atoms with E-state index in [9.17, 15) is 72.5 Å². The smallest absolute Gasteiger partial charge is 0.433 e. The van der Waals surface area contributed by atoms with E-state index >= 15 is 4.79 Å². The second kappa shape index (κ2) is 39.4. The molecule has 33 heteroatoms. The largest absolute Gasteiger partial charge is 0.508 e. The number of aliphatic imine (C=N–C) groups is 1. The summed E-state index contributed by atoms with van der Waals surface area (Å²) in [4.78, 5) is 200. The number of aromatic amines is 1. The number of aliphatic hydroxyl groups excluding tert-OH is 2. The number of fused-ring (bicyclic) bond motifs is 5. The van der Waals surface area contributed by atoms with Gasteiger partial charge >= 0.3 is 6.16 Å². The van der Waals surface area contributed by atoms with E-state index in [2.05, 4.69) is 47.2 Å². The molecule has 1 saturated heterocycles. The average molecular weight is 1410 g/mol. The fourth-order valence-electron chi connectivity index (χ4n) is 11.6. The first-order chi connectivity index (χ1) is 46.4. The van der Waals surface area contributed by atoms with E-state index in [1.807, 2.05) is 0 Å². The minimum Gasteiger partial charge on any atom is -0.433 e. The Kier molecular flexibility index (Phi) is 32.4. The molecular weight excluding hydrogens is 1310 g/mol. The fourth-order valence-corrected chi connectivity index (χ4v) is 13.4. The summed E-state index contributed by atoms with van der Waals surface area (Å²) in [6, 6.07) is -1.35. The molecule has 1 unspecified atom stereocenters. The number of guanidine groups is 1. The molecule has 1 aromatic carbocycles. The summed E-state index contributed by atoms with van der Waals surface area (Å²) in [5, 5.41) is 41.9. The highest BCUT2D eigenvalue weighted by Crippen LogP contribution is 2.30. The van der Waals surface area contributed by atoms with Gasteiger partial charge in [0, 0.05) is 110 Å². The van der Waals surface area contributed by atoms with Crippen molar-refractivity contribution in [1.82, 2.24) is 47.1 Å². The number of amides is 9. The molecule has 3 aliphatic rings. The zero-order valence-electron chi connectivity index (χ0n) is 56.6. The number of hydrogen-bond donors (Lipinski definition) is 13. The maximum atomic E-state index is 15.1. The van der Waals surface area contributed by atoms with Gasteiger partial charge in [-0.2, -0.15) is 0 Å². The second-order valence-corrected chi connectivity index (χ2v) is 28.3. The van der Waals surface area contributed by atoms with Gasteiger partial charge in [0.25, 0.3) is 0 Å². The number of ether oxygens (including phenoxy) is 2. The Morgan fingerprint density at radius 2 is 1.50 bits per heavy atom. The van der Waals surface area contributed by atoms with Gasteiger partial charge in [-0.25, -0.2) is 4.79 Å². The van der Waals surface area contributed by atoms with Gasteiger partial charge < -0.3 is 84.0 Å². The van der Waals surface area contributed by atoms with Crippen LogP contribution in [0.15, 0.2) is 29.3 Å². The number of aliphatic hydroxyl groups is 2. The predicted octanol–water partition coefficient (Wildman–Crippen LogP) is -0.434. The first-order valence-electron chi connectivity index (χ1n) is 33.2. The number of primary amides is 1. The van der Waals surface area contributed by atoms with Gasteiger partial charge in [0.2, 0.25) is 53.2 Å². The fraction of sp³-hybridized carbons (Fsp3) is 0.646. The van der Waals surface area contributed by atoms with Crippen LogP contribution in [0.1, 0.15) is 130 Å². The van der Waals surface area contributed by atoms with Crippen molar-refractivity contribution in [1.29, 1.82) is 0 Å². The molecule has 31 nitrogen and oxygen atoms in total. The number of ketones is 4. The monoisotopic (exact) mass is 1410 g/mol. The Balaban J connectivity index is 1.28. The number of nitrogens with one attached hydrogen (secondary N) is 8. The SMILES string of the molecule is CCC(C)[C@@H]1NC(=O)CNC(=O)[C@@H]2Cc3c([nH]c4ccccc34)CC[C@@H](NC(=O)CCC1=O)C(=O)N[C@@H](CC(N)=O)C(=O)N1C[C@H](O)C[C@H]1C(=O)C[C@@H]([C@H](C)[C@@H](O)COC(=O)OCCSSCCNC(=O)[C@H](C)CC(=O)[C@H](C)NC(=O)[C@H](CCCN=C(N)N)CC(=O)C(C)C)C(=O)N2.